The summed E-state index contributed by atoms with van der Waals surface area (Å²) in [6.45, 7) is 0.494. The number of amides is 1. The summed E-state index contributed by atoms with van der Waals surface area (Å²) >= 11 is 0. The summed E-state index contributed by atoms with van der Waals surface area (Å²) in [4.78, 5) is 25.3. The number of carbonyl (C=O) groups is 1. The summed E-state index contributed by atoms with van der Waals surface area (Å²) < 4.78 is 7.51. The second kappa shape index (κ2) is 8.34. The van der Waals surface area contributed by atoms with Gasteiger partial charge in [0.15, 0.2) is 0 Å². The van der Waals surface area contributed by atoms with Crippen molar-refractivity contribution in [3.8, 4) is 0 Å². The van der Waals surface area contributed by atoms with Crippen LogP contribution in [0.1, 0.15) is 67.0 Å². The minimum atomic E-state index is -0.414. The van der Waals surface area contributed by atoms with Gasteiger partial charge in [-0.15, -0.1) is 0 Å². The van der Waals surface area contributed by atoms with Crippen LogP contribution in [0.4, 0.5) is 0 Å². The highest BCUT2D eigenvalue weighted by molar-refractivity contribution is 5.81. The van der Waals surface area contributed by atoms with Gasteiger partial charge in [-0.2, -0.15) is 5.10 Å². The van der Waals surface area contributed by atoms with Crippen molar-refractivity contribution >= 4 is 5.91 Å². The molecule has 0 saturated heterocycles. The van der Waals surface area contributed by atoms with Gasteiger partial charge in [-0.1, -0.05) is 24.3 Å². The third-order valence-corrected chi connectivity index (χ3v) is 6.88. The van der Waals surface area contributed by atoms with E-state index in [4.69, 9.17) is 9.84 Å². The molecule has 0 bridgehead atoms. The van der Waals surface area contributed by atoms with Crippen LogP contribution in [-0.4, -0.2) is 27.8 Å². The van der Waals surface area contributed by atoms with Crippen molar-refractivity contribution < 1.29 is 9.53 Å². The number of hydrogen-bond acceptors (Lipinski definition) is 4. The van der Waals surface area contributed by atoms with Gasteiger partial charge in [0, 0.05) is 18.5 Å². The zero-order valence-electron chi connectivity index (χ0n) is 17.3. The summed E-state index contributed by atoms with van der Waals surface area (Å²) in [6, 6.07) is 10.2. The van der Waals surface area contributed by atoms with Gasteiger partial charge >= 0.3 is 0 Å². The van der Waals surface area contributed by atoms with Crippen LogP contribution < -0.4 is 10.9 Å². The minimum absolute atomic E-state index is 0.0166. The Kier molecular flexibility index (Phi) is 5.42. The van der Waals surface area contributed by atoms with Gasteiger partial charge in [0.2, 0.25) is 5.91 Å². The molecule has 5 rings (SSSR count). The van der Waals surface area contributed by atoms with Crippen LogP contribution in [0.2, 0.25) is 0 Å². The van der Waals surface area contributed by atoms with Gasteiger partial charge in [-0.3, -0.25) is 9.59 Å². The second-order valence-corrected chi connectivity index (χ2v) is 8.89. The molecule has 1 aliphatic heterocycles. The SMILES string of the molecule is O=C(NC1CCC(n2nc3c(cc2=O)CCCC3)CC1)C1Cc2ccccc2CO1. The number of rotatable bonds is 3. The van der Waals surface area contributed by atoms with E-state index in [0.717, 1.165) is 62.6 Å². The van der Waals surface area contributed by atoms with E-state index in [1.54, 1.807) is 10.7 Å². The van der Waals surface area contributed by atoms with Crippen LogP contribution in [0.5, 0.6) is 0 Å². The molecule has 1 fully saturated rings. The first-order valence-electron chi connectivity index (χ1n) is 11.3. The lowest BCUT2D eigenvalue weighted by Gasteiger charge is -2.32. The van der Waals surface area contributed by atoms with E-state index in [1.807, 2.05) is 12.1 Å². The van der Waals surface area contributed by atoms with E-state index in [2.05, 4.69) is 17.4 Å². The summed E-state index contributed by atoms with van der Waals surface area (Å²) in [5.41, 5.74) is 4.64. The number of fused-ring (bicyclic) bond motifs is 2. The van der Waals surface area contributed by atoms with Crippen LogP contribution in [0, 0.1) is 0 Å². The molecule has 6 nitrogen and oxygen atoms in total. The fraction of sp³-hybridized carbons (Fsp3) is 0.542. The lowest BCUT2D eigenvalue weighted by Crippen LogP contribution is -2.46. The normalized spacial score (nSPS) is 25.8. The third-order valence-electron chi connectivity index (χ3n) is 6.88. The van der Waals surface area contributed by atoms with Gasteiger partial charge in [0.1, 0.15) is 6.10 Å². The Morgan fingerprint density at radius 3 is 2.63 bits per heavy atom. The number of carbonyl (C=O) groups excluding carboxylic acids is 1. The number of ether oxygens (including phenoxy) is 1. The molecule has 1 unspecified atom stereocenters. The molecule has 1 amide bonds. The Labute approximate surface area is 176 Å². The zero-order chi connectivity index (χ0) is 20.5. The lowest BCUT2D eigenvalue weighted by atomic mass is 9.90. The van der Waals surface area contributed by atoms with Gasteiger partial charge in [0.25, 0.3) is 5.56 Å². The molecule has 1 atom stereocenters. The molecular formula is C24H29N3O3. The number of nitrogens with one attached hydrogen (secondary N) is 1. The fourth-order valence-electron chi connectivity index (χ4n) is 5.11. The minimum Gasteiger partial charge on any atom is -0.363 e. The summed E-state index contributed by atoms with van der Waals surface area (Å²) in [5.74, 6) is -0.0166. The zero-order valence-corrected chi connectivity index (χ0v) is 17.3. The first-order valence-corrected chi connectivity index (χ1v) is 11.3. The Balaban J connectivity index is 1.18. The number of hydrogen-bond donors (Lipinski definition) is 1. The Hall–Kier alpha value is -2.47. The van der Waals surface area contributed by atoms with E-state index in [0.29, 0.717) is 13.0 Å². The van der Waals surface area contributed by atoms with Crippen LogP contribution >= 0.6 is 0 Å². The van der Waals surface area contributed by atoms with Crippen LogP contribution in [0.3, 0.4) is 0 Å². The maximum atomic E-state index is 12.7. The van der Waals surface area contributed by atoms with Crippen molar-refractivity contribution in [2.45, 2.75) is 82.6 Å². The molecule has 0 radical (unpaired) electrons. The average Bonchev–Trinajstić information content (AvgIpc) is 2.79. The van der Waals surface area contributed by atoms with Crippen molar-refractivity contribution in [3.05, 3.63) is 63.1 Å². The Bertz CT molecular complexity index is 991. The lowest BCUT2D eigenvalue weighted by molar-refractivity contribution is -0.135. The monoisotopic (exact) mass is 407 g/mol. The third kappa shape index (κ3) is 3.93. The predicted molar refractivity (Wildman–Crippen MR) is 113 cm³/mol. The first-order chi connectivity index (χ1) is 14.7. The van der Waals surface area contributed by atoms with Crippen LogP contribution in [0.25, 0.3) is 0 Å². The molecule has 30 heavy (non-hydrogen) atoms. The summed E-state index contributed by atoms with van der Waals surface area (Å²) in [7, 11) is 0. The molecule has 1 N–H and O–H groups in total. The van der Waals surface area contributed by atoms with Crippen molar-refractivity contribution in [3.63, 3.8) is 0 Å². The van der Waals surface area contributed by atoms with E-state index >= 15 is 0 Å². The molecule has 2 heterocycles. The number of nitrogens with zero attached hydrogens (tertiary/aromatic N) is 2. The molecule has 6 heteroatoms. The van der Waals surface area contributed by atoms with Crippen molar-refractivity contribution in [1.29, 1.82) is 0 Å². The van der Waals surface area contributed by atoms with E-state index in [-0.39, 0.29) is 23.6 Å². The number of benzene rings is 1. The molecule has 1 saturated carbocycles. The molecule has 3 aliphatic rings. The summed E-state index contributed by atoms with van der Waals surface area (Å²) in [5, 5.41) is 7.90. The fourth-order valence-corrected chi connectivity index (χ4v) is 5.11. The molecule has 2 aromatic rings. The standard InChI is InChI=1S/C24H29N3O3/c28-23-14-17-6-3-4-8-21(17)26-27(23)20-11-9-19(10-12-20)25-24(29)22-13-16-5-1-2-7-18(16)15-30-22/h1-2,5,7,14,19-20,22H,3-4,6,8-13,15H2,(H,25,29). The Morgan fingerprint density at radius 1 is 1.03 bits per heavy atom. The van der Waals surface area contributed by atoms with Gasteiger partial charge in [-0.25, -0.2) is 4.68 Å². The molecule has 0 spiro atoms. The van der Waals surface area contributed by atoms with Gasteiger partial charge in [0.05, 0.1) is 18.3 Å². The maximum absolute atomic E-state index is 12.7. The quantitative estimate of drug-likeness (QED) is 0.849. The van der Waals surface area contributed by atoms with Crippen molar-refractivity contribution in [2.75, 3.05) is 0 Å². The number of aryl methyl sites for hydroxylation is 2. The van der Waals surface area contributed by atoms with E-state index in [9.17, 15) is 9.59 Å². The van der Waals surface area contributed by atoms with Crippen LogP contribution in [-0.2, 0) is 35.4 Å². The largest absolute Gasteiger partial charge is 0.363 e. The predicted octanol–water partition coefficient (Wildman–Crippen LogP) is 2.86. The molecule has 1 aromatic heterocycles. The average molecular weight is 408 g/mol. The maximum Gasteiger partial charge on any atom is 0.267 e. The smallest absolute Gasteiger partial charge is 0.267 e. The Morgan fingerprint density at radius 2 is 1.80 bits per heavy atom. The van der Waals surface area contributed by atoms with Gasteiger partial charge < -0.3 is 10.1 Å². The second-order valence-electron chi connectivity index (χ2n) is 8.89. The van der Waals surface area contributed by atoms with E-state index < -0.39 is 6.10 Å². The first kappa shape index (κ1) is 19.5. The number of aromatic nitrogens is 2. The van der Waals surface area contributed by atoms with Gasteiger partial charge in [-0.05, 0) is 68.1 Å². The highest BCUT2D eigenvalue weighted by atomic mass is 16.5. The highest BCUT2D eigenvalue weighted by Crippen LogP contribution is 2.28. The van der Waals surface area contributed by atoms with E-state index in [1.165, 1.54) is 11.1 Å². The molecule has 1 aromatic carbocycles. The van der Waals surface area contributed by atoms with Crippen molar-refractivity contribution in [2.24, 2.45) is 0 Å². The highest BCUT2D eigenvalue weighted by Gasteiger charge is 2.30. The molecule has 158 valence electrons. The molecular weight excluding hydrogens is 378 g/mol. The molecule has 2 aliphatic carbocycles. The topological polar surface area (TPSA) is 73.2 Å². The van der Waals surface area contributed by atoms with Crippen molar-refractivity contribution in [1.82, 2.24) is 15.1 Å². The summed E-state index contributed by atoms with van der Waals surface area (Å²) in [6.07, 6.45) is 7.94. The van der Waals surface area contributed by atoms with Crippen LogP contribution in [0.15, 0.2) is 35.1 Å².